The van der Waals surface area contributed by atoms with Gasteiger partial charge < -0.3 is 41.1 Å². The number of benzene rings is 2. The van der Waals surface area contributed by atoms with Crippen molar-refractivity contribution in [1.29, 1.82) is 0 Å². The van der Waals surface area contributed by atoms with Crippen molar-refractivity contribution in [2.24, 2.45) is 0 Å². The highest BCUT2D eigenvalue weighted by molar-refractivity contribution is 5.96. The van der Waals surface area contributed by atoms with Gasteiger partial charge in [-0.05, 0) is 52.2 Å². The maximum Gasteiger partial charge on any atom is 0.336 e. The SMILES string of the molecule is C.C=O.C=O.CCN1CN(C)Cc2c1cc1c(c2C(=O)O)CN(C)CN1CC.Nc1cc(N)cc(C(=O)O)c1. The Hall–Kier alpha value is -4.16. The fourth-order valence-electron chi connectivity index (χ4n) is 4.60. The minimum atomic E-state index is -1.02. The van der Waals surface area contributed by atoms with Crippen molar-refractivity contribution in [1.82, 2.24) is 9.80 Å². The van der Waals surface area contributed by atoms with Crippen molar-refractivity contribution >= 4 is 48.3 Å². The molecule has 0 saturated heterocycles. The van der Waals surface area contributed by atoms with Crippen molar-refractivity contribution in [3.8, 4) is 0 Å². The second-order valence-electron chi connectivity index (χ2n) is 8.77. The Balaban J connectivity index is 0.000000764. The van der Waals surface area contributed by atoms with E-state index in [1.165, 1.54) is 18.2 Å². The predicted octanol–water partition coefficient (Wildman–Crippen LogP) is 2.66. The molecule has 0 fully saturated rings. The number of rotatable bonds is 4. The first-order valence-corrected chi connectivity index (χ1v) is 11.8. The first kappa shape index (κ1) is 34.8. The number of nitrogens with zero attached hydrogens (tertiary/aromatic N) is 4. The molecule has 2 aliphatic rings. The summed E-state index contributed by atoms with van der Waals surface area (Å²) in [4.78, 5) is 47.3. The van der Waals surface area contributed by atoms with Gasteiger partial charge in [-0.3, -0.25) is 9.80 Å². The molecule has 6 N–H and O–H groups in total. The Kier molecular flexibility index (Phi) is 14.2. The second-order valence-corrected chi connectivity index (χ2v) is 8.77. The smallest absolute Gasteiger partial charge is 0.336 e. The van der Waals surface area contributed by atoms with E-state index in [4.69, 9.17) is 26.2 Å². The molecule has 0 amide bonds. The first-order chi connectivity index (χ1) is 18.0. The lowest BCUT2D eigenvalue weighted by Crippen LogP contribution is -2.44. The van der Waals surface area contributed by atoms with Crippen molar-refractivity contribution in [3.05, 3.63) is 46.5 Å². The van der Waals surface area contributed by atoms with Crippen molar-refractivity contribution < 1.29 is 29.4 Å². The molecule has 0 bridgehead atoms. The molecular formula is C27H42N6O6. The maximum absolute atomic E-state index is 12.1. The number of hydrogen-bond acceptors (Lipinski definition) is 10. The number of carboxylic acid groups (broad SMARTS) is 2. The lowest BCUT2D eigenvalue weighted by atomic mass is 9.93. The number of carbonyl (C=O) groups is 4. The van der Waals surface area contributed by atoms with E-state index >= 15 is 0 Å². The number of fused-ring (bicyclic) bond motifs is 2. The predicted molar refractivity (Wildman–Crippen MR) is 155 cm³/mol. The molecule has 0 unspecified atom stereocenters. The Morgan fingerprint density at radius 1 is 0.769 bits per heavy atom. The average Bonchev–Trinajstić information content (AvgIpc) is 2.88. The van der Waals surface area contributed by atoms with E-state index in [9.17, 15) is 14.7 Å². The Labute approximate surface area is 230 Å². The zero-order valence-electron chi connectivity index (χ0n) is 22.4. The molecule has 2 aromatic rings. The van der Waals surface area contributed by atoms with Gasteiger partial charge in [0, 0.05) is 60.1 Å². The van der Waals surface area contributed by atoms with Crippen LogP contribution in [0.15, 0.2) is 24.3 Å². The summed E-state index contributed by atoms with van der Waals surface area (Å²) in [5, 5.41) is 18.4. The largest absolute Gasteiger partial charge is 0.478 e. The van der Waals surface area contributed by atoms with Gasteiger partial charge in [-0.25, -0.2) is 9.59 Å². The molecule has 4 rings (SSSR count). The number of nitrogen functional groups attached to an aromatic ring is 2. The summed E-state index contributed by atoms with van der Waals surface area (Å²) < 4.78 is 0. The summed E-state index contributed by atoms with van der Waals surface area (Å²) in [5.41, 5.74) is 16.1. The molecule has 12 heteroatoms. The highest BCUT2D eigenvalue weighted by Gasteiger charge is 2.32. The fraction of sp³-hybridized carbons (Fsp3) is 0.407. The van der Waals surface area contributed by atoms with Crippen LogP contribution in [0, 0.1) is 0 Å². The summed E-state index contributed by atoms with van der Waals surface area (Å²) in [6.07, 6.45) is 0. The number of nitrogens with two attached hydrogens (primary N) is 2. The van der Waals surface area contributed by atoms with Crippen LogP contribution in [-0.4, -0.2) is 86.1 Å². The topological polar surface area (TPSA) is 174 Å². The molecule has 2 aromatic carbocycles. The van der Waals surface area contributed by atoms with Crippen molar-refractivity contribution in [2.75, 3.05) is 61.8 Å². The number of carbonyl (C=O) groups excluding carboxylic acids is 2. The monoisotopic (exact) mass is 546 g/mol. The Morgan fingerprint density at radius 3 is 1.46 bits per heavy atom. The number of carboxylic acids is 2. The van der Waals surface area contributed by atoms with E-state index in [2.05, 4.69) is 39.5 Å². The Morgan fingerprint density at radius 2 is 1.15 bits per heavy atom. The highest BCUT2D eigenvalue weighted by Crippen LogP contribution is 2.40. The van der Waals surface area contributed by atoms with Crippen LogP contribution in [0.5, 0.6) is 0 Å². The van der Waals surface area contributed by atoms with Crippen LogP contribution in [0.3, 0.4) is 0 Å². The number of aromatic carboxylic acids is 2. The number of anilines is 4. The molecule has 0 radical (unpaired) electrons. The van der Waals surface area contributed by atoms with Gasteiger partial charge in [0.2, 0.25) is 0 Å². The summed E-state index contributed by atoms with van der Waals surface area (Å²) >= 11 is 0. The Bertz CT molecular complexity index is 1060. The summed E-state index contributed by atoms with van der Waals surface area (Å²) in [7, 11) is 4.09. The van der Waals surface area contributed by atoms with Gasteiger partial charge in [0.1, 0.15) is 13.6 Å². The third kappa shape index (κ3) is 8.42. The molecule has 0 aromatic heterocycles. The van der Waals surface area contributed by atoms with Crippen LogP contribution < -0.4 is 21.3 Å². The third-order valence-corrected chi connectivity index (χ3v) is 6.06. The molecule has 12 nitrogen and oxygen atoms in total. The zero-order valence-corrected chi connectivity index (χ0v) is 22.4. The van der Waals surface area contributed by atoms with Gasteiger partial charge in [0.05, 0.1) is 24.5 Å². The van der Waals surface area contributed by atoms with E-state index in [1.54, 1.807) is 0 Å². The van der Waals surface area contributed by atoms with Crippen LogP contribution in [0.1, 0.15) is 53.1 Å². The fourth-order valence-corrected chi connectivity index (χ4v) is 4.60. The van der Waals surface area contributed by atoms with Gasteiger partial charge in [0.25, 0.3) is 0 Å². The van der Waals surface area contributed by atoms with E-state index < -0.39 is 11.9 Å². The van der Waals surface area contributed by atoms with Gasteiger partial charge in [0.15, 0.2) is 0 Å². The molecule has 2 aliphatic heterocycles. The molecular weight excluding hydrogens is 504 g/mol. The third-order valence-electron chi connectivity index (χ3n) is 6.06. The van der Waals surface area contributed by atoms with E-state index in [0.717, 1.165) is 48.9 Å². The van der Waals surface area contributed by atoms with E-state index in [0.29, 0.717) is 30.0 Å². The first-order valence-electron chi connectivity index (χ1n) is 11.8. The van der Waals surface area contributed by atoms with Gasteiger partial charge in [-0.2, -0.15) is 0 Å². The molecule has 216 valence electrons. The summed E-state index contributed by atoms with van der Waals surface area (Å²) in [5.74, 6) is -1.83. The summed E-state index contributed by atoms with van der Waals surface area (Å²) in [6.45, 7) is 13.1. The van der Waals surface area contributed by atoms with Crippen LogP contribution in [0.4, 0.5) is 22.7 Å². The minimum Gasteiger partial charge on any atom is -0.478 e. The number of hydrogen-bond donors (Lipinski definition) is 4. The lowest BCUT2D eigenvalue weighted by molar-refractivity contribution is -0.0987. The van der Waals surface area contributed by atoms with E-state index in [-0.39, 0.29) is 13.0 Å². The summed E-state index contributed by atoms with van der Waals surface area (Å²) in [6, 6.07) is 6.44. The zero-order chi connectivity index (χ0) is 29.2. The van der Waals surface area contributed by atoms with Crippen LogP contribution in [0.2, 0.25) is 0 Å². The molecule has 0 aliphatic carbocycles. The lowest BCUT2D eigenvalue weighted by Gasteiger charge is -2.42. The quantitative estimate of drug-likeness (QED) is 0.413. The van der Waals surface area contributed by atoms with Crippen LogP contribution >= 0.6 is 0 Å². The van der Waals surface area contributed by atoms with Gasteiger partial charge >= 0.3 is 11.9 Å². The molecule has 2 heterocycles. The average molecular weight is 547 g/mol. The standard InChI is InChI=1S/C17H26N4O2.C7H8N2O2.2CH2O.CH4/c1-5-20-10-18(3)8-12-14(20)7-15-13(16(12)17(22)23)9-19(4)11-21(15)6-2;8-5-1-4(7(10)11)2-6(9)3-5;2*1-2;/h7H,5-6,8-11H2,1-4H3,(H,22,23);1-3H,8-9H2,(H,10,11);2*1H2;1H4. The minimum absolute atomic E-state index is 0. The van der Waals surface area contributed by atoms with Gasteiger partial charge in [-0.1, -0.05) is 7.43 Å². The van der Waals surface area contributed by atoms with Crippen molar-refractivity contribution in [3.63, 3.8) is 0 Å². The maximum atomic E-state index is 12.1. The van der Waals surface area contributed by atoms with Crippen LogP contribution in [-0.2, 0) is 22.7 Å². The van der Waals surface area contributed by atoms with E-state index in [1.807, 2.05) is 27.7 Å². The normalized spacial score (nSPS) is 13.9. The van der Waals surface area contributed by atoms with Crippen molar-refractivity contribution in [2.45, 2.75) is 34.4 Å². The molecule has 39 heavy (non-hydrogen) atoms. The van der Waals surface area contributed by atoms with Crippen LogP contribution in [0.25, 0.3) is 0 Å². The molecule has 0 saturated carbocycles. The molecule has 0 atom stereocenters. The molecule has 0 spiro atoms. The highest BCUT2D eigenvalue weighted by atomic mass is 16.4. The van der Waals surface area contributed by atoms with Gasteiger partial charge in [-0.15, -0.1) is 0 Å². The second kappa shape index (κ2) is 15.9.